The molecule has 0 fully saturated rings. The summed E-state index contributed by atoms with van der Waals surface area (Å²) in [5, 5.41) is 2.97. The van der Waals surface area contributed by atoms with E-state index in [4.69, 9.17) is 17.3 Å². The van der Waals surface area contributed by atoms with E-state index in [2.05, 4.69) is 10.3 Å². The van der Waals surface area contributed by atoms with Crippen molar-refractivity contribution in [3.8, 4) is 0 Å². The molecule has 0 radical (unpaired) electrons. The predicted octanol–water partition coefficient (Wildman–Crippen LogP) is 2.84. The van der Waals surface area contributed by atoms with Crippen molar-refractivity contribution in [2.24, 2.45) is 0 Å². The summed E-state index contributed by atoms with van der Waals surface area (Å²) in [5.41, 5.74) is 5.70. The summed E-state index contributed by atoms with van der Waals surface area (Å²) in [5.74, 6) is -1.09. The zero-order valence-corrected chi connectivity index (χ0v) is 12.3. The lowest BCUT2D eigenvalue weighted by atomic mass is 10.3. The van der Waals surface area contributed by atoms with Crippen LogP contribution in [0.25, 0.3) is 0 Å². The molecule has 0 aliphatic rings. The molecule has 3 N–H and O–H groups in total. The van der Waals surface area contributed by atoms with Crippen molar-refractivity contribution in [3.05, 3.63) is 33.9 Å². The molecule has 0 aliphatic heterocycles. The lowest BCUT2D eigenvalue weighted by Crippen LogP contribution is -2.13. The van der Waals surface area contributed by atoms with Crippen molar-refractivity contribution < 1.29 is 9.18 Å². The topological polar surface area (TPSA) is 71.2 Å². The maximum absolute atomic E-state index is 13.7. The van der Waals surface area contributed by atoms with Crippen molar-refractivity contribution >= 4 is 45.5 Å². The molecule has 2 rings (SSSR count). The van der Waals surface area contributed by atoms with Gasteiger partial charge in [0.1, 0.15) is 10.7 Å². The van der Waals surface area contributed by atoms with Crippen LogP contribution in [0, 0.1) is 5.82 Å². The summed E-state index contributed by atoms with van der Waals surface area (Å²) in [6, 6.07) is 4.36. The molecule has 5 nitrogen and oxygen atoms in total. The minimum atomic E-state index is -0.682. The summed E-state index contributed by atoms with van der Waals surface area (Å²) in [4.78, 5) is 18.1. The number of hydrogen-bond acceptors (Lipinski definition) is 5. The van der Waals surface area contributed by atoms with E-state index < -0.39 is 11.7 Å². The lowest BCUT2D eigenvalue weighted by molar-refractivity contribution is 0.103. The molecule has 1 amide bonds. The summed E-state index contributed by atoms with van der Waals surface area (Å²) in [7, 11) is 3.58. The fourth-order valence-corrected chi connectivity index (χ4v) is 2.43. The first-order valence-corrected chi connectivity index (χ1v) is 6.78. The molecule has 2 aromatic rings. The molecule has 8 heteroatoms. The van der Waals surface area contributed by atoms with E-state index in [1.807, 2.05) is 0 Å². The Labute approximate surface area is 124 Å². The lowest BCUT2D eigenvalue weighted by Gasteiger charge is -2.06. The Morgan fingerprint density at radius 2 is 2.20 bits per heavy atom. The van der Waals surface area contributed by atoms with E-state index >= 15 is 0 Å². The Bertz CT molecular complexity index is 659. The van der Waals surface area contributed by atoms with Gasteiger partial charge in [-0.1, -0.05) is 29.0 Å². The van der Waals surface area contributed by atoms with E-state index in [0.717, 1.165) is 11.3 Å². The number of rotatable bonds is 3. The number of nitrogen functional groups attached to an aromatic ring is 1. The van der Waals surface area contributed by atoms with Crippen LogP contribution >= 0.6 is 22.9 Å². The van der Waals surface area contributed by atoms with Gasteiger partial charge in [0.25, 0.3) is 5.91 Å². The molecule has 1 aromatic carbocycles. The molecular weight excluding hydrogens is 303 g/mol. The molecule has 1 heterocycles. The molecule has 1 aromatic heterocycles. The number of nitrogens with one attached hydrogen (secondary N) is 1. The number of aromatic nitrogens is 1. The summed E-state index contributed by atoms with van der Waals surface area (Å²) < 4.78 is 13.7. The van der Waals surface area contributed by atoms with Gasteiger partial charge in [-0.25, -0.2) is 9.37 Å². The van der Waals surface area contributed by atoms with E-state index in [9.17, 15) is 9.18 Å². The fourth-order valence-electron chi connectivity index (χ4n) is 1.45. The SMILES string of the molecule is CN(C)c1nc(N)c(C(=O)Nc2cccc(Cl)c2F)s1. The van der Waals surface area contributed by atoms with Crippen LogP contribution in [-0.2, 0) is 0 Å². The number of thiazole rings is 1. The van der Waals surface area contributed by atoms with Crippen LogP contribution in [0.3, 0.4) is 0 Å². The van der Waals surface area contributed by atoms with Crippen LogP contribution in [0.1, 0.15) is 9.67 Å². The van der Waals surface area contributed by atoms with Crippen LogP contribution < -0.4 is 16.0 Å². The number of benzene rings is 1. The van der Waals surface area contributed by atoms with Gasteiger partial charge in [-0.2, -0.15) is 0 Å². The third-order valence-electron chi connectivity index (χ3n) is 2.43. The quantitative estimate of drug-likeness (QED) is 0.914. The van der Waals surface area contributed by atoms with Gasteiger partial charge in [-0.3, -0.25) is 4.79 Å². The van der Waals surface area contributed by atoms with Gasteiger partial charge in [-0.15, -0.1) is 0 Å². The van der Waals surface area contributed by atoms with Gasteiger partial charge in [0.05, 0.1) is 10.7 Å². The maximum Gasteiger partial charge on any atom is 0.269 e. The standard InChI is InChI=1S/C12H12ClFN4OS/c1-18(2)12-17-10(15)9(20-12)11(19)16-7-5-3-4-6(13)8(7)14/h3-5H,15H2,1-2H3,(H,16,19). The van der Waals surface area contributed by atoms with Crippen molar-refractivity contribution in [3.63, 3.8) is 0 Å². The third-order valence-corrected chi connectivity index (χ3v) is 3.96. The Kier molecular flexibility index (Phi) is 4.10. The van der Waals surface area contributed by atoms with E-state index in [-0.39, 0.29) is 21.4 Å². The van der Waals surface area contributed by atoms with Crippen molar-refractivity contribution in [1.82, 2.24) is 4.98 Å². The Balaban J connectivity index is 2.26. The molecule has 0 saturated carbocycles. The second-order valence-corrected chi connectivity index (χ2v) is 5.55. The number of hydrogen-bond donors (Lipinski definition) is 2. The number of carbonyl (C=O) groups is 1. The van der Waals surface area contributed by atoms with Gasteiger partial charge < -0.3 is 16.0 Å². The summed E-state index contributed by atoms with van der Waals surface area (Å²) in [6.07, 6.45) is 0. The average Bonchev–Trinajstić information content (AvgIpc) is 2.77. The Hall–Kier alpha value is -1.86. The predicted molar refractivity (Wildman–Crippen MR) is 80.2 cm³/mol. The zero-order chi connectivity index (χ0) is 14.9. The highest BCUT2D eigenvalue weighted by Crippen LogP contribution is 2.28. The molecule has 0 bridgehead atoms. The summed E-state index contributed by atoms with van der Waals surface area (Å²) in [6.45, 7) is 0. The van der Waals surface area contributed by atoms with Gasteiger partial charge in [-0.05, 0) is 12.1 Å². The van der Waals surface area contributed by atoms with Crippen LogP contribution in [0.5, 0.6) is 0 Å². The normalized spacial score (nSPS) is 10.4. The molecule has 0 saturated heterocycles. The highest BCUT2D eigenvalue weighted by Gasteiger charge is 2.18. The number of anilines is 3. The molecule has 0 aliphatic carbocycles. The van der Waals surface area contributed by atoms with Crippen LogP contribution in [-0.4, -0.2) is 25.0 Å². The zero-order valence-electron chi connectivity index (χ0n) is 10.8. The second-order valence-electron chi connectivity index (χ2n) is 4.16. The van der Waals surface area contributed by atoms with Gasteiger partial charge in [0.15, 0.2) is 10.9 Å². The Morgan fingerprint density at radius 3 is 2.80 bits per heavy atom. The fraction of sp³-hybridized carbons (Fsp3) is 0.167. The van der Waals surface area contributed by atoms with Gasteiger partial charge in [0.2, 0.25) is 0 Å². The molecule has 0 atom stereocenters. The van der Waals surface area contributed by atoms with Gasteiger partial charge in [0, 0.05) is 14.1 Å². The van der Waals surface area contributed by atoms with E-state index in [0.29, 0.717) is 5.13 Å². The highest BCUT2D eigenvalue weighted by atomic mass is 35.5. The summed E-state index contributed by atoms with van der Waals surface area (Å²) >= 11 is 6.78. The molecule has 0 spiro atoms. The number of nitrogens with two attached hydrogens (primary N) is 1. The van der Waals surface area contributed by atoms with E-state index in [1.54, 1.807) is 25.1 Å². The van der Waals surface area contributed by atoms with Crippen molar-refractivity contribution in [1.29, 1.82) is 0 Å². The molecule has 20 heavy (non-hydrogen) atoms. The number of nitrogens with zero attached hydrogens (tertiary/aromatic N) is 2. The average molecular weight is 315 g/mol. The first-order valence-electron chi connectivity index (χ1n) is 5.59. The molecule has 106 valence electrons. The molecule has 0 unspecified atom stereocenters. The molecular formula is C12H12ClFN4OS. The Morgan fingerprint density at radius 1 is 1.50 bits per heavy atom. The van der Waals surface area contributed by atoms with E-state index in [1.165, 1.54) is 12.1 Å². The van der Waals surface area contributed by atoms with Gasteiger partial charge >= 0.3 is 0 Å². The second kappa shape index (κ2) is 5.64. The maximum atomic E-state index is 13.7. The first-order chi connectivity index (χ1) is 9.40. The third kappa shape index (κ3) is 2.83. The van der Waals surface area contributed by atoms with Crippen LogP contribution in [0.2, 0.25) is 5.02 Å². The smallest absolute Gasteiger partial charge is 0.269 e. The highest BCUT2D eigenvalue weighted by molar-refractivity contribution is 7.18. The first kappa shape index (κ1) is 14.5. The largest absolute Gasteiger partial charge is 0.382 e. The van der Waals surface area contributed by atoms with Crippen molar-refractivity contribution in [2.45, 2.75) is 0 Å². The number of carbonyl (C=O) groups excluding carboxylic acids is 1. The van der Waals surface area contributed by atoms with Crippen molar-refractivity contribution in [2.75, 3.05) is 30.0 Å². The minimum absolute atomic E-state index is 0.00158. The van der Waals surface area contributed by atoms with Crippen LogP contribution in [0.15, 0.2) is 18.2 Å². The minimum Gasteiger partial charge on any atom is -0.382 e. The monoisotopic (exact) mass is 314 g/mol. The number of halogens is 2. The number of amides is 1. The van der Waals surface area contributed by atoms with Crippen LogP contribution in [0.4, 0.5) is 21.0 Å².